The van der Waals surface area contributed by atoms with Crippen molar-refractivity contribution in [1.82, 2.24) is 0 Å². The molecule has 0 radical (unpaired) electrons. The Kier molecular flexibility index (Phi) is 2.77. The first-order valence-corrected chi connectivity index (χ1v) is 4.94. The first-order chi connectivity index (χ1) is 5.97. The zero-order chi connectivity index (χ0) is 10.1. The van der Waals surface area contributed by atoms with E-state index in [-0.39, 0.29) is 0 Å². The maximum atomic E-state index is 8.98. The molecular weight excluding hydrogens is 226 g/mol. The maximum Gasteiger partial charge on any atom is 0.0768 e. The molecule has 13 heavy (non-hydrogen) atoms. The second-order valence-electron chi connectivity index (χ2n) is 3.70. The Morgan fingerprint density at radius 2 is 2.00 bits per heavy atom. The van der Waals surface area contributed by atoms with Crippen LogP contribution >= 0.6 is 15.9 Å². The van der Waals surface area contributed by atoms with E-state index in [2.05, 4.69) is 22.0 Å². The molecule has 1 nitrogen and oxygen atoms in total. The van der Waals surface area contributed by atoms with E-state index in [9.17, 15) is 0 Å². The minimum absolute atomic E-state index is 0.398. The predicted molar refractivity (Wildman–Crippen MR) is 57.5 cm³/mol. The molecule has 0 aromatic heterocycles. The van der Waals surface area contributed by atoms with Gasteiger partial charge in [0, 0.05) is 4.47 Å². The molecule has 0 heterocycles. The van der Waals surface area contributed by atoms with Gasteiger partial charge in [0.2, 0.25) is 0 Å². The Morgan fingerprint density at radius 1 is 1.38 bits per heavy atom. The van der Waals surface area contributed by atoms with Crippen LogP contribution in [0.5, 0.6) is 0 Å². The van der Waals surface area contributed by atoms with Crippen LogP contribution in [0.25, 0.3) is 0 Å². The van der Waals surface area contributed by atoms with Crippen molar-refractivity contribution in [3.63, 3.8) is 0 Å². The van der Waals surface area contributed by atoms with Gasteiger partial charge in [-0.1, -0.05) is 22.0 Å². The molecule has 0 aliphatic heterocycles. The van der Waals surface area contributed by atoms with Gasteiger partial charge >= 0.3 is 0 Å². The summed E-state index contributed by atoms with van der Waals surface area (Å²) < 4.78 is 1.06. The van der Waals surface area contributed by atoms with Crippen LogP contribution in [0.3, 0.4) is 0 Å². The second kappa shape index (κ2) is 3.51. The third-order valence-corrected chi connectivity index (χ3v) is 2.63. The average molecular weight is 238 g/mol. The fourth-order valence-electron chi connectivity index (χ4n) is 1.39. The van der Waals surface area contributed by atoms with Crippen LogP contribution in [0.4, 0.5) is 0 Å². The number of aryl methyl sites for hydroxylation is 1. The van der Waals surface area contributed by atoms with Crippen molar-refractivity contribution in [1.29, 1.82) is 5.26 Å². The summed E-state index contributed by atoms with van der Waals surface area (Å²) in [6, 6.07) is 8.31. The Bertz CT molecular complexity index is 361. The molecule has 0 spiro atoms. The second-order valence-corrected chi connectivity index (χ2v) is 4.61. The van der Waals surface area contributed by atoms with Gasteiger partial charge in [0.05, 0.1) is 11.5 Å². The topological polar surface area (TPSA) is 23.8 Å². The monoisotopic (exact) mass is 237 g/mol. The number of benzene rings is 1. The number of hydrogen-bond acceptors (Lipinski definition) is 1. The van der Waals surface area contributed by atoms with Gasteiger partial charge in [0.1, 0.15) is 0 Å². The van der Waals surface area contributed by atoms with Crippen LogP contribution < -0.4 is 0 Å². The van der Waals surface area contributed by atoms with Gasteiger partial charge in [0.15, 0.2) is 0 Å². The third-order valence-electron chi connectivity index (χ3n) is 2.14. The molecule has 0 saturated carbocycles. The van der Waals surface area contributed by atoms with Crippen molar-refractivity contribution >= 4 is 15.9 Å². The lowest BCUT2D eigenvalue weighted by molar-refractivity contribution is 0.681. The first-order valence-electron chi connectivity index (χ1n) is 4.15. The standard InChI is InChI=1S/C11H12BrN/c1-8-6-9(12)4-5-10(8)11(2,3)7-13/h4-6H,1-3H3. The SMILES string of the molecule is Cc1cc(Br)ccc1C(C)(C)C#N. The van der Waals surface area contributed by atoms with E-state index in [4.69, 9.17) is 5.26 Å². The predicted octanol–water partition coefficient (Wildman–Crippen LogP) is 3.56. The van der Waals surface area contributed by atoms with E-state index in [0.29, 0.717) is 0 Å². The van der Waals surface area contributed by atoms with Crippen LogP contribution in [0.1, 0.15) is 25.0 Å². The minimum Gasteiger partial charge on any atom is -0.197 e. The summed E-state index contributed by atoms with van der Waals surface area (Å²) in [5.41, 5.74) is 1.85. The molecule has 68 valence electrons. The number of halogens is 1. The minimum atomic E-state index is -0.398. The van der Waals surface area contributed by atoms with Crippen LogP contribution in [-0.2, 0) is 5.41 Å². The van der Waals surface area contributed by atoms with Crippen molar-refractivity contribution in [2.24, 2.45) is 0 Å². The van der Waals surface area contributed by atoms with Gasteiger partial charge in [-0.15, -0.1) is 0 Å². The molecular formula is C11H12BrN. The lowest BCUT2D eigenvalue weighted by Crippen LogP contribution is -2.15. The molecule has 0 aliphatic carbocycles. The van der Waals surface area contributed by atoms with Crippen molar-refractivity contribution in [2.45, 2.75) is 26.2 Å². The van der Waals surface area contributed by atoms with Gasteiger partial charge in [0.25, 0.3) is 0 Å². The smallest absolute Gasteiger partial charge is 0.0768 e. The normalized spacial score (nSPS) is 11.0. The van der Waals surface area contributed by atoms with Crippen LogP contribution in [0, 0.1) is 18.3 Å². The maximum absolute atomic E-state index is 8.98. The summed E-state index contributed by atoms with van der Waals surface area (Å²) in [5, 5.41) is 8.98. The summed E-state index contributed by atoms with van der Waals surface area (Å²) >= 11 is 3.40. The molecule has 0 unspecified atom stereocenters. The number of nitriles is 1. The molecule has 2 heteroatoms. The average Bonchev–Trinajstić information content (AvgIpc) is 2.03. The fourth-order valence-corrected chi connectivity index (χ4v) is 1.86. The van der Waals surface area contributed by atoms with Gasteiger partial charge in [-0.25, -0.2) is 0 Å². The number of hydrogen-bond donors (Lipinski definition) is 0. The van der Waals surface area contributed by atoms with Crippen LogP contribution in [-0.4, -0.2) is 0 Å². The third kappa shape index (κ3) is 2.10. The van der Waals surface area contributed by atoms with E-state index >= 15 is 0 Å². The molecule has 0 fully saturated rings. The summed E-state index contributed by atoms with van der Waals surface area (Å²) in [4.78, 5) is 0. The Morgan fingerprint density at radius 3 is 2.46 bits per heavy atom. The van der Waals surface area contributed by atoms with Crippen LogP contribution in [0.2, 0.25) is 0 Å². The molecule has 0 saturated heterocycles. The Hall–Kier alpha value is -0.810. The fraction of sp³-hybridized carbons (Fsp3) is 0.364. The summed E-state index contributed by atoms with van der Waals surface area (Å²) in [7, 11) is 0. The molecule has 1 aromatic carbocycles. The van der Waals surface area contributed by atoms with E-state index in [1.54, 1.807) is 0 Å². The van der Waals surface area contributed by atoms with E-state index in [1.807, 2.05) is 39.0 Å². The Balaban J connectivity index is 3.26. The first kappa shape index (κ1) is 10.3. The van der Waals surface area contributed by atoms with Gasteiger partial charge < -0.3 is 0 Å². The Labute approximate surface area is 87.5 Å². The molecule has 0 aliphatic rings. The zero-order valence-corrected chi connectivity index (χ0v) is 9.64. The zero-order valence-electron chi connectivity index (χ0n) is 8.06. The van der Waals surface area contributed by atoms with Gasteiger partial charge in [-0.05, 0) is 44.0 Å². The number of nitrogens with zero attached hydrogens (tertiary/aromatic N) is 1. The molecule has 0 amide bonds. The highest BCUT2D eigenvalue weighted by atomic mass is 79.9. The molecule has 0 bridgehead atoms. The molecule has 1 rings (SSSR count). The summed E-state index contributed by atoms with van der Waals surface area (Å²) in [6.07, 6.45) is 0. The van der Waals surface area contributed by atoms with E-state index in [1.165, 1.54) is 0 Å². The molecule has 1 aromatic rings. The summed E-state index contributed by atoms with van der Waals surface area (Å²) in [6.45, 7) is 5.89. The van der Waals surface area contributed by atoms with E-state index in [0.717, 1.165) is 15.6 Å². The van der Waals surface area contributed by atoms with Crippen LogP contribution in [0.15, 0.2) is 22.7 Å². The lowest BCUT2D eigenvalue weighted by Gasteiger charge is -2.18. The van der Waals surface area contributed by atoms with Gasteiger partial charge in [-0.2, -0.15) is 5.26 Å². The largest absolute Gasteiger partial charge is 0.197 e. The summed E-state index contributed by atoms with van der Waals surface area (Å²) in [5.74, 6) is 0. The highest BCUT2D eigenvalue weighted by Gasteiger charge is 2.21. The van der Waals surface area contributed by atoms with Gasteiger partial charge in [-0.3, -0.25) is 0 Å². The van der Waals surface area contributed by atoms with Crippen molar-refractivity contribution in [3.05, 3.63) is 33.8 Å². The van der Waals surface area contributed by atoms with Crippen molar-refractivity contribution in [3.8, 4) is 6.07 Å². The van der Waals surface area contributed by atoms with E-state index < -0.39 is 5.41 Å². The highest BCUT2D eigenvalue weighted by Crippen LogP contribution is 2.27. The molecule has 0 N–H and O–H groups in total. The van der Waals surface area contributed by atoms with Crippen molar-refractivity contribution in [2.75, 3.05) is 0 Å². The quantitative estimate of drug-likeness (QED) is 0.733. The lowest BCUT2D eigenvalue weighted by atomic mass is 9.84. The highest BCUT2D eigenvalue weighted by molar-refractivity contribution is 9.10. The van der Waals surface area contributed by atoms with Crippen molar-refractivity contribution < 1.29 is 0 Å². The number of rotatable bonds is 1. The molecule has 0 atom stereocenters.